The Kier molecular flexibility index (Phi) is 2.35. The molecular weight excluding hydrogens is 192 g/mol. The largest absolute Gasteiger partial charge is 0.465 e. The second-order valence-electron chi connectivity index (χ2n) is 3.98. The second-order valence-corrected chi connectivity index (χ2v) is 3.98. The van der Waals surface area contributed by atoms with Crippen LogP contribution in [0.5, 0.6) is 5.75 Å². The molecule has 2 unspecified atom stereocenters. The Bertz CT molecular complexity index is 346. The highest BCUT2D eigenvalue weighted by molar-refractivity contribution is 5.34. The van der Waals surface area contributed by atoms with Gasteiger partial charge in [-0.2, -0.15) is 0 Å². The average molecular weight is 206 g/mol. The van der Waals surface area contributed by atoms with Gasteiger partial charge in [0.1, 0.15) is 11.9 Å². The van der Waals surface area contributed by atoms with Gasteiger partial charge in [-0.1, -0.05) is 18.2 Å². The maximum Gasteiger partial charge on any atom is 0.200 e. The van der Waals surface area contributed by atoms with Crippen molar-refractivity contribution >= 4 is 0 Å². The van der Waals surface area contributed by atoms with Crippen LogP contribution in [0.25, 0.3) is 0 Å². The molecule has 1 aromatic carbocycles. The summed E-state index contributed by atoms with van der Waals surface area (Å²) in [4.78, 5) is 0. The molecule has 0 aromatic heterocycles. The first kappa shape index (κ1) is 9.19. The van der Waals surface area contributed by atoms with E-state index in [1.807, 2.05) is 18.2 Å². The van der Waals surface area contributed by atoms with Crippen molar-refractivity contribution in [3.8, 4) is 5.75 Å². The van der Waals surface area contributed by atoms with E-state index in [-0.39, 0.29) is 6.29 Å². The molecule has 0 N–H and O–H groups in total. The van der Waals surface area contributed by atoms with E-state index in [0.717, 1.165) is 25.2 Å². The molecule has 0 amide bonds. The van der Waals surface area contributed by atoms with E-state index in [0.29, 0.717) is 12.7 Å². The highest BCUT2D eigenvalue weighted by atomic mass is 16.7. The number of ether oxygens (including phenoxy) is 3. The molecule has 1 fully saturated rings. The Labute approximate surface area is 89.0 Å². The van der Waals surface area contributed by atoms with Crippen molar-refractivity contribution in [2.24, 2.45) is 0 Å². The summed E-state index contributed by atoms with van der Waals surface area (Å²) in [5.41, 5.74) is 1.28. The van der Waals surface area contributed by atoms with Gasteiger partial charge < -0.3 is 14.2 Å². The van der Waals surface area contributed by atoms with Gasteiger partial charge in [-0.25, -0.2) is 0 Å². The standard InChI is InChI=1S/C12H14O3/c1-2-4-11-9(3-1)5-6-12(15-11)14-8-10-7-13-10/h1-4,10,12H,5-8H2. The third-order valence-electron chi connectivity index (χ3n) is 2.75. The van der Waals surface area contributed by atoms with Gasteiger partial charge in [-0.3, -0.25) is 0 Å². The summed E-state index contributed by atoms with van der Waals surface area (Å²) in [5.74, 6) is 0.963. The molecule has 2 atom stereocenters. The number of fused-ring (bicyclic) bond motifs is 1. The Hall–Kier alpha value is -1.06. The van der Waals surface area contributed by atoms with Crippen molar-refractivity contribution in [3.05, 3.63) is 29.8 Å². The van der Waals surface area contributed by atoms with Gasteiger partial charge in [-0.05, 0) is 18.1 Å². The van der Waals surface area contributed by atoms with Crippen molar-refractivity contribution in [3.63, 3.8) is 0 Å². The molecule has 1 saturated heterocycles. The molecule has 0 radical (unpaired) electrons. The van der Waals surface area contributed by atoms with Crippen LogP contribution in [0, 0.1) is 0 Å². The fraction of sp³-hybridized carbons (Fsp3) is 0.500. The second kappa shape index (κ2) is 3.83. The summed E-state index contributed by atoms with van der Waals surface area (Å²) >= 11 is 0. The SMILES string of the molecule is c1ccc2c(c1)CCC(OCC1CO1)O2. The maximum atomic E-state index is 5.73. The highest BCUT2D eigenvalue weighted by Gasteiger charge is 2.26. The predicted molar refractivity (Wildman–Crippen MR) is 54.9 cm³/mol. The quantitative estimate of drug-likeness (QED) is 0.706. The molecule has 2 aliphatic heterocycles. The molecular formula is C12H14O3. The Balaban J connectivity index is 1.61. The number of hydrogen-bond donors (Lipinski definition) is 0. The molecule has 2 aliphatic rings. The van der Waals surface area contributed by atoms with E-state index in [4.69, 9.17) is 14.2 Å². The van der Waals surface area contributed by atoms with Gasteiger partial charge in [0.25, 0.3) is 0 Å². The zero-order valence-electron chi connectivity index (χ0n) is 8.52. The molecule has 15 heavy (non-hydrogen) atoms. The molecule has 3 nitrogen and oxygen atoms in total. The zero-order valence-corrected chi connectivity index (χ0v) is 8.52. The molecule has 0 spiro atoms. The van der Waals surface area contributed by atoms with Crippen molar-refractivity contribution in [1.29, 1.82) is 0 Å². The number of benzene rings is 1. The topological polar surface area (TPSA) is 31.0 Å². The van der Waals surface area contributed by atoms with E-state index in [1.54, 1.807) is 0 Å². The third-order valence-corrected chi connectivity index (χ3v) is 2.75. The first-order valence-corrected chi connectivity index (χ1v) is 5.39. The van der Waals surface area contributed by atoms with Crippen molar-refractivity contribution in [2.75, 3.05) is 13.2 Å². The van der Waals surface area contributed by atoms with E-state index in [1.165, 1.54) is 5.56 Å². The summed E-state index contributed by atoms with van der Waals surface area (Å²) in [7, 11) is 0. The minimum atomic E-state index is -0.0934. The van der Waals surface area contributed by atoms with Crippen LogP contribution in [0.1, 0.15) is 12.0 Å². The van der Waals surface area contributed by atoms with Crippen LogP contribution in [0.4, 0.5) is 0 Å². The third kappa shape index (κ3) is 2.13. The molecule has 3 rings (SSSR count). The summed E-state index contributed by atoms with van der Waals surface area (Å²) in [6.07, 6.45) is 2.19. The maximum absolute atomic E-state index is 5.73. The molecule has 1 aromatic rings. The van der Waals surface area contributed by atoms with E-state index in [2.05, 4.69) is 6.07 Å². The fourth-order valence-corrected chi connectivity index (χ4v) is 1.80. The minimum absolute atomic E-state index is 0.0934. The number of aryl methyl sites for hydroxylation is 1. The summed E-state index contributed by atoms with van der Waals surface area (Å²) in [6.45, 7) is 1.50. The molecule has 0 bridgehead atoms. The van der Waals surface area contributed by atoms with Crippen LogP contribution in [0.15, 0.2) is 24.3 Å². The minimum Gasteiger partial charge on any atom is -0.465 e. The summed E-state index contributed by atoms with van der Waals surface area (Å²) < 4.78 is 16.4. The van der Waals surface area contributed by atoms with Gasteiger partial charge in [0.2, 0.25) is 0 Å². The zero-order chi connectivity index (χ0) is 10.1. The molecule has 2 heterocycles. The smallest absolute Gasteiger partial charge is 0.200 e. The summed E-state index contributed by atoms with van der Waals surface area (Å²) in [6, 6.07) is 8.14. The van der Waals surface area contributed by atoms with E-state index >= 15 is 0 Å². The first-order chi connectivity index (χ1) is 7.42. The van der Waals surface area contributed by atoms with Crippen LogP contribution in [-0.4, -0.2) is 25.6 Å². The summed E-state index contributed by atoms with van der Waals surface area (Å²) in [5, 5.41) is 0. The van der Waals surface area contributed by atoms with Crippen LogP contribution in [0.3, 0.4) is 0 Å². The average Bonchev–Trinajstić information content (AvgIpc) is 3.10. The number of hydrogen-bond acceptors (Lipinski definition) is 3. The van der Waals surface area contributed by atoms with Crippen molar-refractivity contribution < 1.29 is 14.2 Å². The van der Waals surface area contributed by atoms with Crippen LogP contribution < -0.4 is 4.74 Å². The lowest BCUT2D eigenvalue weighted by molar-refractivity contribution is -0.0944. The monoisotopic (exact) mass is 206 g/mol. The lowest BCUT2D eigenvalue weighted by atomic mass is 10.1. The van der Waals surface area contributed by atoms with Crippen LogP contribution >= 0.6 is 0 Å². The molecule has 80 valence electrons. The molecule has 0 saturated carbocycles. The van der Waals surface area contributed by atoms with Gasteiger partial charge in [-0.15, -0.1) is 0 Å². The molecule has 3 heteroatoms. The van der Waals surface area contributed by atoms with Gasteiger partial charge in [0.15, 0.2) is 6.29 Å². The van der Waals surface area contributed by atoms with Crippen LogP contribution in [0.2, 0.25) is 0 Å². The predicted octanol–water partition coefficient (Wildman–Crippen LogP) is 1.75. The van der Waals surface area contributed by atoms with E-state index < -0.39 is 0 Å². The van der Waals surface area contributed by atoms with Gasteiger partial charge in [0.05, 0.1) is 13.2 Å². The number of para-hydroxylation sites is 1. The van der Waals surface area contributed by atoms with Crippen molar-refractivity contribution in [2.45, 2.75) is 25.2 Å². The Morgan fingerprint density at radius 1 is 1.33 bits per heavy atom. The number of rotatable bonds is 3. The Morgan fingerprint density at radius 2 is 2.20 bits per heavy atom. The van der Waals surface area contributed by atoms with E-state index in [9.17, 15) is 0 Å². The lowest BCUT2D eigenvalue weighted by Gasteiger charge is -2.25. The number of epoxide rings is 1. The fourth-order valence-electron chi connectivity index (χ4n) is 1.80. The Morgan fingerprint density at radius 3 is 3.07 bits per heavy atom. The lowest BCUT2D eigenvalue weighted by Crippen LogP contribution is -2.27. The normalized spacial score (nSPS) is 28.0. The van der Waals surface area contributed by atoms with Crippen LogP contribution in [-0.2, 0) is 15.9 Å². The first-order valence-electron chi connectivity index (χ1n) is 5.39. The van der Waals surface area contributed by atoms with Gasteiger partial charge in [0, 0.05) is 6.42 Å². The van der Waals surface area contributed by atoms with Crippen molar-refractivity contribution in [1.82, 2.24) is 0 Å². The highest BCUT2D eigenvalue weighted by Crippen LogP contribution is 2.27. The van der Waals surface area contributed by atoms with Gasteiger partial charge >= 0.3 is 0 Å². The molecule has 0 aliphatic carbocycles.